The molecule has 3 heterocycles. The average Bonchev–Trinajstić information content (AvgIpc) is 3.66. The molecule has 1 saturated heterocycles. The summed E-state index contributed by atoms with van der Waals surface area (Å²) in [6, 6.07) is 1.91. The van der Waals surface area contributed by atoms with Gasteiger partial charge in [-0.05, 0) is 44.4 Å². The number of hydrogen-bond donors (Lipinski definition) is 2. The predicted molar refractivity (Wildman–Crippen MR) is 135 cm³/mol. The molecule has 2 aromatic heterocycles. The summed E-state index contributed by atoms with van der Waals surface area (Å²) in [5.41, 5.74) is 4.87. The molecule has 0 unspecified atom stereocenters. The van der Waals surface area contributed by atoms with Crippen LogP contribution in [0.25, 0.3) is 11.4 Å². The summed E-state index contributed by atoms with van der Waals surface area (Å²) in [5.74, 6) is -1.28. The Hall–Kier alpha value is -4.16. The third kappa shape index (κ3) is 6.65. The summed E-state index contributed by atoms with van der Waals surface area (Å²) in [6.45, 7) is 1.43. The number of nitrogens with zero attached hydrogens (tertiary/aromatic N) is 5. The third-order valence-electron chi connectivity index (χ3n) is 6.85. The lowest BCUT2D eigenvalue weighted by Gasteiger charge is -2.32. The zero-order valence-electron chi connectivity index (χ0n) is 21.2. The van der Waals surface area contributed by atoms with Crippen LogP contribution in [0.15, 0.2) is 29.0 Å². The van der Waals surface area contributed by atoms with Gasteiger partial charge in [-0.25, -0.2) is 18.7 Å². The summed E-state index contributed by atoms with van der Waals surface area (Å²) in [5, 5.41) is 6.09. The maximum atomic E-state index is 14.3. The van der Waals surface area contributed by atoms with Gasteiger partial charge in [0.25, 0.3) is 5.91 Å². The fourth-order valence-corrected chi connectivity index (χ4v) is 4.54. The predicted octanol–water partition coefficient (Wildman–Crippen LogP) is 2.97. The van der Waals surface area contributed by atoms with Crippen molar-refractivity contribution in [2.45, 2.75) is 44.4 Å². The molecule has 1 saturated carbocycles. The number of hydrogen-bond acceptors (Lipinski definition) is 9. The number of nitrogens with one attached hydrogen (secondary N) is 1. The molecule has 1 aromatic carbocycles. The number of halogens is 2. The Morgan fingerprint density at radius 1 is 1.10 bits per heavy atom. The highest BCUT2D eigenvalue weighted by Gasteiger charge is 2.30. The molecular formula is C26H29F2N7O4. The molecule has 3 N–H and O–H groups in total. The zero-order chi connectivity index (χ0) is 27.4. The van der Waals surface area contributed by atoms with Gasteiger partial charge in [0.15, 0.2) is 0 Å². The Balaban J connectivity index is 1.04. The highest BCUT2D eigenvalue weighted by molar-refractivity contribution is 5.96. The molecule has 2 amide bonds. The van der Waals surface area contributed by atoms with Gasteiger partial charge in [-0.1, -0.05) is 5.16 Å². The number of nitrogens with two attached hydrogens (primary N) is 1. The number of piperidine rings is 1. The van der Waals surface area contributed by atoms with Crippen molar-refractivity contribution in [3.05, 3.63) is 47.6 Å². The molecule has 39 heavy (non-hydrogen) atoms. The van der Waals surface area contributed by atoms with Crippen molar-refractivity contribution >= 4 is 17.8 Å². The number of carbonyl (C=O) groups excluding carboxylic acids is 2. The Bertz CT molecular complexity index is 1300. The van der Waals surface area contributed by atoms with Crippen LogP contribution in [-0.4, -0.2) is 58.2 Å². The molecule has 5 rings (SSSR count). The van der Waals surface area contributed by atoms with Crippen LogP contribution in [0.3, 0.4) is 0 Å². The lowest BCUT2D eigenvalue weighted by atomic mass is 9.92. The third-order valence-corrected chi connectivity index (χ3v) is 6.85. The number of carbonyl (C=O) groups is 2. The standard InChI is InChI=1S/C26H29F2N7O4/c27-19-10-18(11-20(28)22(19)24(37)30-14-21(29)36)38-9-1-2-15-5-7-35(8-6-15)26-31-12-17(13-32-26)23-33-25(39-34-23)16-3-4-16/h10-13,15-16H,1-9,14H2,(H2,29,36)(H,30,37). The first-order chi connectivity index (χ1) is 18.9. The maximum absolute atomic E-state index is 14.3. The summed E-state index contributed by atoms with van der Waals surface area (Å²) in [4.78, 5) is 38.2. The van der Waals surface area contributed by atoms with Gasteiger partial charge in [0.1, 0.15) is 22.9 Å². The van der Waals surface area contributed by atoms with E-state index in [2.05, 4.69) is 30.3 Å². The van der Waals surface area contributed by atoms with Crippen molar-refractivity contribution in [2.75, 3.05) is 31.1 Å². The first-order valence-electron chi connectivity index (χ1n) is 13.0. The second-order valence-corrected chi connectivity index (χ2v) is 9.83. The fraction of sp³-hybridized carbons (Fsp3) is 0.462. The Labute approximate surface area is 223 Å². The number of anilines is 1. The van der Waals surface area contributed by atoms with Gasteiger partial charge < -0.3 is 25.2 Å². The van der Waals surface area contributed by atoms with Gasteiger partial charge in [-0.15, -0.1) is 0 Å². The molecule has 2 aliphatic rings. The van der Waals surface area contributed by atoms with Crippen LogP contribution >= 0.6 is 0 Å². The van der Waals surface area contributed by atoms with Crippen LogP contribution < -0.4 is 20.7 Å². The van der Waals surface area contributed by atoms with Gasteiger partial charge in [0.05, 0.1) is 18.7 Å². The molecule has 11 nitrogen and oxygen atoms in total. The van der Waals surface area contributed by atoms with Crippen molar-refractivity contribution in [3.63, 3.8) is 0 Å². The Morgan fingerprint density at radius 2 is 1.79 bits per heavy atom. The number of aromatic nitrogens is 4. The smallest absolute Gasteiger partial charge is 0.257 e. The van der Waals surface area contributed by atoms with Crippen LogP contribution in [0.4, 0.5) is 14.7 Å². The fourth-order valence-electron chi connectivity index (χ4n) is 4.54. The SMILES string of the molecule is NC(=O)CNC(=O)c1c(F)cc(OCCCC2CCN(c3ncc(-c4noc(C5CC5)n4)cn3)CC2)cc1F. The summed E-state index contributed by atoms with van der Waals surface area (Å²) < 4.78 is 39.4. The number of amides is 2. The number of ether oxygens (including phenoxy) is 1. The van der Waals surface area contributed by atoms with Crippen LogP contribution in [0.2, 0.25) is 0 Å². The molecule has 1 aliphatic heterocycles. The van der Waals surface area contributed by atoms with E-state index in [1.54, 1.807) is 12.4 Å². The van der Waals surface area contributed by atoms with Crippen molar-refractivity contribution in [1.29, 1.82) is 0 Å². The molecule has 0 bridgehead atoms. The van der Waals surface area contributed by atoms with E-state index < -0.39 is 35.6 Å². The zero-order valence-corrected chi connectivity index (χ0v) is 21.2. The second-order valence-electron chi connectivity index (χ2n) is 9.83. The van der Waals surface area contributed by atoms with E-state index in [1.807, 2.05) is 0 Å². The van der Waals surface area contributed by atoms with E-state index in [0.717, 1.165) is 62.9 Å². The van der Waals surface area contributed by atoms with E-state index >= 15 is 0 Å². The topological polar surface area (TPSA) is 149 Å². The van der Waals surface area contributed by atoms with Gasteiger partial charge in [-0.2, -0.15) is 4.98 Å². The van der Waals surface area contributed by atoms with E-state index in [4.69, 9.17) is 15.0 Å². The minimum absolute atomic E-state index is 0.00329. The largest absolute Gasteiger partial charge is 0.493 e. The number of primary amides is 1. The van der Waals surface area contributed by atoms with Crippen LogP contribution in [-0.2, 0) is 4.79 Å². The summed E-state index contributed by atoms with van der Waals surface area (Å²) in [6.07, 6.45) is 9.20. The average molecular weight is 542 g/mol. The maximum Gasteiger partial charge on any atom is 0.257 e. The normalized spacial score (nSPS) is 15.8. The van der Waals surface area contributed by atoms with E-state index in [0.29, 0.717) is 35.9 Å². The molecule has 0 spiro atoms. The van der Waals surface area contributed by atoms with Gasteiger partial charge in [0.2, 0.25) is 23.6 Å². The van der Waals surface area contributed by atoms with Gasteiger partial charge >= 0.3 is 0 Å². The molecule has 206 valence electrons. The quantitative estimate of drug-likeness (QED) is 0.349. The van der Waals surface area contributed by atoms with Crippen molar-refractivity contribution in [2.24, 2.45) is 11.7 Å². The van der Waals surface area contributed by atoms with Crippen molar-refractivity contribution < 1.29 is 27.6 Å². The van der Waals surface area contributed by atoms with Crippen LogP contribution in [0.5, 0.6) is 5.75 Å². The molecule has 2 fully saturated rings. The van der Waals surface area contributed by atoms with E-state index in [9.17, 15) is 18.4 Å². The number of rotatable bonds is 11. The Morgan fingerprint density at radius 3 is 2.44 bits per heavy atom. The van der Waals surface area contributed by atoms with Crippen LogP contribution in [0, 0.1) is 17.6 Å². The number of benzene rings is 1. The van der Waals surface area contributed by atoms with Crippen molar-refractivity contribution in [3.8, 4) is 17.1 Å². The highest BCUT2D eigenvalue weighted by Crippen LogP contribution is 2.39. The lowest BCUT2D eigenvalue weighted by molar-refractivity contribution is -0.117. The second kappa shape index (κ2) is 11.7. The Kier molecular flexibility index (Phi) is 7.94. The highest BCUT2D eigenvalue weighted by atomic mass is 19.1. The molecule has 13 heteroatoms. The summed E-state index contributed by atoms with van der Waals surface area (Å²) in [7, 11) is 0. The summed E-state index contributed by atoms with van der Waals surface area (Å²) >= 11 is 0. The first-order valence-corrected chi connectivity index (χ1v) is 13.0. The minimum Gasteiger partial charge on any atom is -0.493 e. The monoisotopic (exact) mass is 541 g/mol. The molecule has 0 atom stereocenters. The van der Waals surface area contributed by atoms with Crippen molar-refractivity contribution in [1.82, 2.24) is 25.4 Å². The molecule has 3 aromatic rings. The minimum atomic E-state index is -1.07. The molecule has 0 radical (unpaired) electrons. The molecule has 1 aliphatic carbocycles. The van der Waals surface area contributed by atoms with Gasteiger partial charge in [0, 0.05) is 43.5 Å². The first kappa shape index (κ1) is 26.4. The lowest BCUT2D eigenvalue weighted by Crippen LogP contribution is -2.34. The van der Waals surface area contributed by atoms with Gasteiger partial charge in [-0.3, -0.25) is 9.59 Å². The van der Waals surface area contributed by atoms with Crippen LogP contribution in [0.1, 0.15) is 60.7 Å². The van der Waals surface area contributed by atoms with E-state index in [-0.39, 0.29) is 12.4 Å². The molecular weight excluding hydrogens is 512 g/mol. The van der Waals surface area contributed by atoms with E-state index in [1.165, 1.54) is 0 Å².